The van der Waals surface area contributed by atoms with Gasteiger partial charge in [0.25, 0.3) is 0 Å². The van der Waals surface area contributed by atoms with E-state index in [9.17, 15) is 47.9 Å². The Morgan fingerprint density at radius 2 is 0.882 bits per heavy atom. The number of nitrogens with two attached hydrogens (primary N) is 5. The van der Waals surface area contributed by atoms with Crippen LogP contribution < -0.4 is 55.3 Å². The van der Waals surface area contributed by atoms with E-state index >= 15 is 0 Å². The summed E-state index contributed by atoms with van der Waals surface area (Å²) in [5.74, 6) is 17.5. The second-order valence-corrected chi connectivity index (χ2v) is 29.2. The first-order chi connectivity index (χ1) is 57.2. The van der Waals surface area contributed by atoms with Gasteiger partial charge in [-0.05, 0) is 243 Å². The molecule has 34 heteroatoms. The predicted octanol–water partition coefficient (Wildman–Crippen LogP) is 11.6. The molecule has 0 aliphatic heterocycles. The van der Waals surface area contributed by atoms with Crippen molar-refractivity contribution < 1.29 is 103 Å². The molecule has 19 N–H and O–H groups in total. The summed E-state index contributed by atoms with van der Waals surface area (Å²) in [4.78, 5) is 129. The van der Waals surface area contributed by atoms with Crippen molar-refractivity contribution in [3.05, 3.63) is 24.3 Å². The van der Waals surface area contributed by atoms with Gasteiger partial charge < -0.3 is 104 Å². The number of fused-ring (bicyclic) bond motifs is 1. The average molecular weight is 1700 g/mol. The van der Waals surface area contributed by atoms with Gasteiger partial charge in [-0.25, -0.2) is 28.8 Å². The maximum absolute atomic E-state index is 11.7. The molecule has 1 fully saturated rings. The minimum Gasteiger partial charge on any atom is -0.480 e. The van der Waals surface area contributed by atoms with Crippen LogP contribution in [0.25, 0.3) is 0 Å². The Hall–Kier alpha value is -8.65. The average Bonchev–Trinajstić information content (AvgIpc) is 1.63. The number of Topliss-reactive ketones (excluding diaryl/α,β-unsaturated/α-hetero) is 2. The normalized spacial score (nSPS) is 20.2. The molecular formula is C85H144BN11O21S. The van der Waals surface area contributed by atoms with Gasteiger partial charge >= 0.3 is 67.6 Å². The molecule has 6 rings (SSSR count). The Labute approximate surface area is 714 Å². The Morgan fingerprint density at radius 1 is 0.496 bits per heavy atom. The molecule has 674 valence electrons. The van der Waals surface area contributed by atoms with Crippen molar-refractivity contribution in [3.63, 3.8) is 0 Å². The number of carboxylic acids is 3. The van der Waals surface area contributed by atoms with Crippen LogP contribution in [0.3, 0.4) is 0 Å². The second kappa shape index (κ2) is 79.2. The van der Waals surface area contributed by atoms with Crippen molar-refractivity contribution in [2.75, 3.05) is 52.5 Å². The SMILES string of the molecule is C.CB=N.CC(=O)C(N)CCCCNC(=O)OCC1C2CCC#CCCC21.CC(=O)C(N)CCCCNC(=O)OCCOC1C#CCCCCC1.NC(CCCCNC(=O)OC1/C=C/CCCCC1)C(=O)O.NC(CCCCNC(=O)OC1C#CCCCCC1)C(=O)O.NC(CCCCNC(=O)OC1CC/C=C/CCC1)C(=O)O.O=C=S.[3H]C=O. The number of ether oxygens (including phenoxy) is 6. The van der Waals surface area contributed by atoms with Crippen LogP contribution in [0.2, 0.25) is 6.82 Å². The Kier molecular flexibility index (Phi) is 74.8. The molecule has 0 aromatic heterocycles. The molecule has 5 amide bonds. The zero-order valence-electron chi connectivity index (χ0n) is 71.1. The fraction of sp³-hybridized carbons (Fsp3) is 0.741. The van der Waals surface area contributed by atoms with E-state index in [2.05, 4.69) is 92.6 Å². The quantitative estimate of drug-likeness (QED) is 0.00679. The number of thiocarbonyl (C=S) groups is 1. The number of aliphatic carboxylic acids is 3. The minimum absolute atomic E-state index is 0. The topological polar surface area (TPSA) is 535 Å². The molecule has 1 saturated carbocycles. The van der Waals surface area contributed by atoms with Crippen molar-refractivity contribution in [1.29, 1.82) is 5.31 Å². The number of rotatable bonds is 39. The van der Waals surface area contributed by atoms with E-state index in [1.165, 1.54) is 46.6 Å². The third-order valence-electron chi connectivity index (χ3n) is 19.2. The summed E-state index contributed by atoms with van der Waals surface area (Å²) in [7, 11) is 1.25. The van der Waals surface area contributed by atoms with Gasteiger partial charge in [0, 0.05) is 70.6 Å². The van der Waals surface area contributed by atoms with E-state index < -0.39 is 60.4 Å². The first-order valence-corrected chi connectivity index (χ1v) is 42.4. The van der Waals surface area contributed by atoms with Crippen LogP contribution in [0, 0.1) is 58.6 Å². The third kappa shape index (κ3) is 69.8. The van der Waals surface area contributed by atoms with Crippen LogP contribution >= 0.6 is 12.2 Å². The number of hydrogen-bond acceptors (Lipinski definition) is 25. The number of carbonyl (C=O) groups is 11. The van der Waals surface area contributed by atoms with E-state index in [0.29, 0.717) is 134 Å². The van der Waals surface area contributed by atoms with Gasteiger partial charge in [-0.1, -0.05) is 62.7 Å². The second-order valence-electron chi connectivity index (χ2n) is 29.0. The summed E-state index contributed by atoms with van der Waals surface area (Å²) >= 11 is 3.59. The Bertz CT molecular complexity index is 3140. The van der Waals surface area contributed by atoms with Crippen LogP contribution in [-0.4, -0.2) is 201 Å². The number of carbonyl (C=O) groups excluding carboxylic acids is 9. The largest absolute Gasteiger partial charge is 0.480 e. The summed E-state index contributed by atoms with van der Waals surface area (Å²) in [5.41, 5.74) is 27.5. The molecule has 6 aliphatic rings. The fourth-order valence-electron chi connectivity index (χ4n) is 12.2. The van der Waals surface area contributed by atoms with Gasteiger partial charge in [0.05, 0.1) is 25.3 Å². The summed E-state index contributed by atoms with van der Waals surface area (Å²) < 4.78 is 37.5. The van der Waals surface area contributed by atoms with Crippen molar-refractivity contribution in [2.45, 2.75) is 333 Å². The maximum Gasteiger partial charge on any atom is 0.408 e. The standard InChI is InChI=1S/C18H30N2O4.C18H28N2O3.2C15H26N2O4.C15H24N2O4.CH4BN.COS.CH2O.CH4/c1-15(21)17(19)11-7-8-12-20-18(22)24-14-13-23-16-9-5-3-2-4-6-10-16;1-13(21)17(19)10-6-7-11-20-18(22)23-12-16-14-8-4-2-3-5-9-15(14)16;3*16-13(14(18)19)10-6-7-11-17-15(20)21-12-8-4-2-1-3-5-9-12;1-2-3;2-1-3;1-2;/h16-17H,2-5,7-9,11-14,19H2,1H3,(H,20,22);14-17H,4-12,19H2,1H3,(H,20,22);4,8,12-13H,1-3,5-7,9-11,16H2,(H,17,20)(H,18,19);1-2,12-13H,3-11,16H2,(H,17,20)(H,18,19);12-13H,1-4,6-8,10-11,16H2,(H,17,20)(H,18,19);3H,1H3;;1H2;1H4/b;;8-4+;2-1+;;;;;/i;;;;;;;1T;. The monoisotopic (exact) mass is 1700 g/mol. The van der Waals surface area contributed by atoms with Crippen LogP contribution in [0.5, 0.6) is 0 Å². The van der Waals surface area contributed by atoms with Gasteiger partial charge in [0.1, 0.15) is 62.7 Å². The smallest absolute Gasteiger partial charge is 0.408 e. The molecule has 0 saturated heterocycles. The molecule has 0 heterocycles. The van der Waals surface area contributed by atoms with Crippen molar-refractivity contribution in [3.8, 4) is 35.5 Å². The molecule has 11 atom stereocenters. The van der Waals surface area contributed by atoms with Crippen molar-refractivity contribution >= 4 is 91.2 Å². The van der Waals surface area contributed by atoms with Crippen LogP contribution in [0.4, 0.5) is 24.0 Å². The molecule has 0 spiro atoms. The molecule has 119 heavy (non-hydrogen) atoms. The Morgan fingerprint density at radius 3 is 1.34 bits per heavy atom. The minimum atomic E-state index is -0.995. The molecule has 11 unspecified atom stereocenters. The molecule has 0 aromatic rings. The summed E-state index contributed by atoms with van der Waals surface area (Å²) in [6, 6.07) is -3.25. The predicted molar refractivity (Wildman–Crippen MR) is 461 cm³/mol. The van der Waals surface area contributed by atoms with Gasteiger partial charge in [-0.2, -0.15) is 0 Å². The van der Waals surface area contributed by atoms with Gasteiger partial charge in [-0.15, -0.1) is 17.8 Å². The number of nitrogens with one attached hydrogen (secondary N) is 6. The van der Waals surface area contributed by atoms with Gasteiger partial charge in [0.2, 0.25) is 5.23 Å². The van der Waals surface area contributed by atoms with Gasteiger partial charge in [0.15, 0.2) is 6.10 Å². The van der Waals surface area contributed by atoms with E-state index in [-0.39, 0.29) is 75.0 Å². The molecular weight excluding hydrogens is 1550 g/mol. The van der Waals surface area contributed by atoms with Gasteiger partial charge in [-0.3, -0.25) is 24.0 Å². The first kappa shape index (κ1) is 112. The number of carboxylic acid groups (broad SMARTS) is 3. The third-order valence-corrected chi connectivity index (χ3v) is 19.2. The molecule has 0 bridgehead atoms. The van der Waals surface area contributed by atoms with Crippen molar-refractivity contribution in [1.82, 2.24) is 26.6 Å². The number of hydrogen-bond donors (Lipinski definition) is 14. The number of unbranched alkanes of at least 4 members (excludes halogenated alkanes) is 5. The fourth-order valence-corrected chi connectivity index (χ4v) is 12.2. The van der Waals surface area contributed by atoms with E-state index in [4.69, 9.17) is 88.7 Å². The number of amides is 5. The number of alkyl carbamates (subject to hydrolysis) is 5. The van der Waals surface area contributed by atoms with Crippen molar-refractivity contribution in [2.24, 2.45) is 46.4 Å². The first-order valence-electron chi connectivity index (χ1n) is 42.5. The number of allylic oxidation sites excluding steroid dienone is 3. The summed E-state index contributed by atoms with van der Waals surface area (Å²) in [6.45, 7) is 8.25. The van der Waals surface area contributed by atoms with Crippen LogP contribution in [0.15, 0.2) is 24.3 Å². The molecule has 0 aromatic carbocycles. The summed E-state index contributed by atoms with van der Waals surface area (Å²) in [5, 5.41) is 46.5. The van der Waals surface area contributed by atoms with Crippen LogP contribution in [-0.2, 0) is 62.0 Å². The zero-order valence-corrected chi connectivity index (χ0v) is 70.9. The molecule has 6 aliphatic carbocycles. The van der Waals surface area contributed by atoms with E-state index in [0.717, 1.165) is 159 Å². The molecule has 32 nitrogen and oxygen atoms in total. The number of ketones is 2. The van der Waals surface area contributed by atoms with E-state index in [1.807, 2.05) is 6.08 Å². The van der Waals surface area contributed by atoms with E-state index in [1.54, 1.807) is 6.82 Å². The maximum atomic E-state index is 11.7. The molecule has 0 radical (unpaired) electrons. The summed E-state index contributed by atoms with van der Waals surface area (Å²) in [6.07, 6.45) is 40.4. The zero-order chi connectivity index (χ0) is 88.9. The Balaban J connectivity index is -0.00000139. The van der Waals surface area contributed by atoms with Crippen LogP contribution in [0.1, 0.15) is 273 Å².